The maximum absolute atomic E-state index is 12.6. The number of methoxy groups -OCH3 is 1. The van der Waals surface area contributed by atoms with Gasteiger partial charge in [-0.1, -0.05) is 59.6 Å². The first kappa shape index (κ1) is 23.9. The molecule has 32 heavy (non-hydrogen) atoms. The Balaban J connectivity index is 1.85. The molecule has 1 N–H and O–H groups in total. The summed E-state index contributed by atoms with van der Waals surface area (Å²) in [5.41, 5.74) is 1.77. The van der Waals surface area contributed by atoms with Crippen molar-refractivity contribution in [2.45, 2.75) is 6.61 Å². The van der Waals surface area contributed by atoms with E-state index in [-0.39, 0.29) is 21.3 Å². The van der Waals surface area contributed by atoms with Crippen molar-refractivity contribution in [3.8, 4) is 17.6 Å². The van der Waals surface area contributed by atoms with E-state index in [4.69, 9.17) is 32.7 Å². The van der Waals surface area contributed by atoms with E-state index in [1.165, 1.54) is 13.2 Å². The van der Waals surface area contributed by atoms with E-state index in [9.17, 15) is 10.1 Å². The van der Waals surface area contributed by atoms with Crippen molar-refractivity contribution < 1.29 is 14.3 Å². The number of ether oxygens (including phenoxy) is 2. The Morgan fingerprint density at radius 3 is 2.44 bits per heavy atom. The summed E-state index contributed by atoms with van der Waals surface area (Å²) in [4.78, 5) is 12.6. The molecule has 0 aromatic heterocycles. The summed E-state index contributed by atoms with van der Waals surface area (Å²) < 4.78 is 12.2. The molecule has 8 heteroatoms. The number of hydrogen-bond acceptors (Lipinski definition) is 4. The SMILES string of the molecule is COc1cc(/C=C(\C#N)C(=O)Nc2c(Cl)cccc2Cl)cc(I)c1OCc1ccccc1. The lowest BCUT2D eigenvalue weighted by atomic mass is 10.1. The first-order valence-electron chi connectivity index (χ1n) is 9.34. The highest BCUT2D eigenvalue weighted by molar-refractivity contribution is 14.1. The molecule has 0 saturated heterocycles. The Morgan fingerprint density at radius 1 is 1.12 bits per heavy atom. The molecule has 1 amide bonds. The molecule has 0 fully saturated rings. The number of nitrogens with one attached hydrogen (secondary N) is 1. The normalized spacial score (nSPS) is 10.9. The van der Waals surface area contributed by atoms with Crippen LogP contribution in [0.3, 0.4) is 0 Å². The predicted molar refractivity (Wildman–Crippen MR) is 135 cm³/mol. The molecular formula is C24H17Cl2IN2O3. The molecule has 0 aliphatic heterocycles. The Bertz CT molecular complexity index is 1190. The van der Waals surface area contributed by atoms with Crippen molar-refractivity contribution in [3.63, 3.8) is 0 Å². The monoisotopic (exact) mass is 578 g/mol. The van der Waals surface area contributed by atoms with Gasteiger partial charge in [-0.3, -0.25) is 4.79 Å². The highest BCUT2D eigenvalue weighted by atomic mass is 127. The average Bonchev–Trinajstić information content (AvgIpc) is 2.79. The number of halogens is 3. The molecule has 0 aliphatic carbocycles. The van der Waals surface area contributed by atoms with Gasteiger partial charge in [0.1, 0.15) is 18.2 Å². The van der Waals surface area contributed by atoms with Crippen LogP contribution in [0.4, 0.5) is 5.69 Å². The molecule has 0 atom stereocenters. The maximum atomic E-state index is 12.6. The Kier molecular flexibility index (Phi) is 8.39. The van der Waals surface area contributed by atoms with Crippen LogP contribution in [0.25, 0.3) is 6.08 Å². The van der Waals surface area contributed by atoms with Crippen LogP contribution in [0.2, 0.25) is 10.0 Å². The number of hydrogen-bond donors (Lipinski definition) is 1. The molecule has 162 valence electrons. The number of nitriles is 1. The van der Waals surface area contributed by atoms with Gasteiger partial charge in [-0.25, -0.2) is 0 Å². The number of amides is 1. The smallest absolute Gasteiger partial charge is 0.266 e. The van der Waals surface area contributed by atoms with Crippen LogP contribution in [-0.4, -0.2) is 13.0 Å². The third kappa shape index (κ3) is 5.94. The van der Waals surface area contributed by atoms with Crippen molar-refractivity contribution in [1.29, 1.82) is 5.26 Å². The molecule has 0 saturated carbocycles. The zero-order chi connectivity index (χ0) is 23.1. The van der Waals surface area contributed by atoms with E-state index in [1.54, 1.807) is 30.3 Å². The topological polar surface area (TPSA) is 71.3 Å². The first-order chi connectivity index (χ1) is 15.4. The Hall–Kier alpha value is -2.73. The zero-order valence-electron chi connectivity index (χ0n) is 16.9. The fourth-order valence-electron chi connectivity index (χ4n) is 2.81. The van der Waals surface area contributed by atoms with Crippen molar-refractivity contribution in [2.75, 3.05) is 12.4 Å². The van der Waals surface area contributed by atoms with E-state index in [0.717, 1.165) is 9.13 Å². The van der Waals surface area contributed by atoms with Crippen molar-refractivity contribution in [3.05, 3.63) is 91.0 Å². The van der Waals surface area contributed by atoms with E-state index in [2.05, 4.69) is 27.9 Å². The summed E-state index contributed by atoms with van der Waals surface area (Å²) in [6.45, 7) is 0.382. The van der Waals surface area contributed by atoms with Gasteiger partial charge in [0.2, 0.25) is 0 Å². The van der Waals surface area contributed by atoms with Gasteiger partial charge in [-0.2, -0.15) is 5.26 Å². The van der Waals surface area contributed by atoms with Gasteiger partial charge in [0, 0.05) is 0 Å². The van der Waals surface area contributed by atoms with Crippen molar-refractivity contribution in [2.24, 2.45) is 0 Å². The molecule has 0 heterocycles. The minimum atomic E-state index is -0.624. The van der Waals surface area contributed by atoms with E-state index >= 15 is 0 Å². The molecule has 3 rings (SSSR count). The highest BCUT2D eigenvalue weighted by Crippen LogP contribution is 2.35. The summed E-state index contributed by atoms with van der Waals surface area (Å²) in [7, 11) is 1.53. The largest absolute Gasteiger partial charge is 0.493 e. The van der Waals surface area contributed by atoms with Gasteiger partial charge < -0.3 is 14.8 Å². The number of para-hydroxylation sites is 1. The second kappa shape index (κ2) is 11.2. The van der Waals surface area contributed by atoms with E-state index in [0.29, 0.717) is 23.7 Å². The minimum Gasteiger partial charge on any atom is -0.493 e. The molecule has 0 radical (unpaired) electrons. The summed E-state index contributed by atoms with van der Waals surface area (Å²) >= 11 is 14.3. The van der Waals surface area contributed by atoms with Crippen LogP contribution < -0.4 is 14.8 Å². The summed E-state index contributed by atoms with van der Waals surface area (Å²) in [5, 5.41) is 12.7. The molecule has 0 spiro atoms. The van der Waals surface area contributed by atoms with Gasteiger partial charge in [-0.05, 0) is 64.1 Å². The highest BCUT2D eigenvalue weighted by Gasteiger charge is 2.16. The summed E-state index contributed by atoms with van der Waals surface area (Å²) in [6.07, 6.45) is 1.46. The Labute approximate surface area is 209 Å². The van der Waals surface area contributed by atoms with E-state index in [1.807, 2.05) is 36.4 Å². The fourth-order valence-corrected chi connectivity index (χ4v) is 4.08. The lowest BCUT2D eigenvalue weighted by Crippen LogP contribution is -2.14. The quantitative estimate of drug-likeness (QED) is 0.192. The first-order valence-corrected chi connectivity index (χ1v) is 11.2. The predicted octanol–water partition coefficient (Wildman–Crippen LogP) is 6.73. The third-order valence-electron chi connectivity index (χ3n) is 4.36. The van der Waals surface area contributed by atoms with Gasteiger partial charge in [0.15, 0.2) is 11.5 Å². The third-order valence-corrected chi connectivity index (χ3v) is 5.79. The van der Waals surface area contributed by atoms with Crippen LogP contribution in [0.15, 0.2) is 66.2 Å². The van der Waals surface area contributed by atoms with Crippen molar-refractivity contribution in [1.82, 2.24) is 0 Å². The lowest BCUT2D eigenvalue weighted by Gasteiger charge is -2.14. The van der Waals surface area contributed by atoms with Gasteiger partial charge in [0.05, 0.1) is 26.4 Å². The minimum absolute atomic E-state index is 0.114. The van der Waals surface area contributed by atoms with Crippen LogP contribution in [-0.2, 0) is 11.4 Å². The molecule has 5 nitrogen and oxygen atoms in total. The van der Waals surface area contributed by atoms with Crippen LogP contribution in [0.5, 0.6) is 11.5 Å². The molecular weight excluding hydrogens is 562 g/mol. The number of anilines is 1. The fraction of sp³-hybridized carbons (Fsp3) is 0.0833. The maximum Gasteiger partial charge on any atom is 0.266 e. The standard InChI is InChI=1S/C24H17Cl2IN2O3/c1-31-21-12-16(11-20(27)23(21)32-14-15-6-3-2-4-7-15)10-17(13-28)24(30)29-22-18(25)8-5-9-19(22)26/h2-12H,14H2,1H3,(H,29,30)/b17-10+. The average molecular weight is 579 g/mol. The van der Waals surface area contributed by atoms with Gasteiger partial charge in [-0.15, -0.1) is 0 Å². The lowest BCUT2D eigenvalue weighted by molar-refractivity contribution is -0.112. The second-order valence-electron chi connectivity index (χ2n) is 6.53. The Morgan fingerprint density at radius 2 is 1.81 bits per heavy atom. The van der Waals surface area contributed by atoms with Crippen LogP contribution in [0.1, 0.15) is 11.1 Å². The summed E-state index contributed by atoms with van der Waals surface area (Å²) in [5.74, 6) is 0.451. The van der Waals surface area contributed by atoms with Crippen molar-refractivity contribution >= 4 is 63.5 Å². The number of benzene rings is 3. The van der Waals surface area contributed by atoms with Crippen LogP contribution in [0, 0.1) is 14.9 Å². The van der Waals surface area contributed by atoms with Gasteiger partial charge >= 0.3 is 0 Å². The summed E-state index contributed by atoms with van der Waals surface area (Å²) in [6, 6.07) is 20.1. The second-order valence-corrected chi connectivity index (χ2v) is 8.51. The molecule has 0 aliphatic rings. The molecule has 0 unspecified atom stereocenters. The zero-order valence-corrected chi connectivity index (χ0v) is 20.5. The van der Waals surface area contributed by atoms with Gasteiger partial charge in [0.25, 0.3) is 5.91 Å². The van der Waals surface area contributed by atoms with E-state index < -0.39 is 5.91 Å². The molecule has 3 aromatic carbocycles. The molecule has 3 aromatic rings. The number of carbonyl (C=O) groups excluding carboxylic acids is 1. The number of rotatable bonds is 7. The number of nitrogens with zero attached hydrogens (tertiary/aromatic N) is 1. The molecule has 0 bridgehead atoms. The van der Waals surface area contributed by atoms with Crippen LogP contribution >= 0.6 is 45.8 Å². The number of carbonyl (C=O) groups is 1.